The largest absolute Gasteiger partial charge is 0.480 e. The van der Waals surface area contributed by atoms with Crippen LogP contribution in [0.25, 0.3) is 0 Å². The van der Waals surface area contributed by atoms with Crippen LogP contribution in [0.3, 0.4) is 0 Å². The maximum Gasteiger partial charge on any atom is 0.328 e. The lowest BCUT2D eigenvalue weighted by Crippen LogP contribution is -2.50. The van der Waals surface area contributed by atoms with E-state index in [0.29, 0.717) is 6.54 Å². The molecule has 96 valence electrons. The predicted octanol–water partition coefficient (Wildman–Crippen LogP) is 0.446. The average molecular weight is 242 g/mol. The molecule has 6 heteroatoms. The van der Waals surface area contributed by atoms with E-state index >= 15 is 0 Å². The van der Waals surface area contributed by atoms with Gasteiger partial charge < -0.3 is 20.1 Å². The summed E-state index contributed by atoms with van der Waals surface area (Å²) in [5.74, 6) is -1.10. The minimum atomic E-state index is -1.10. The van der Waals surface area contributed by atoms with E-state index in [4.69, 9.17) is 9.84 Å². The third kappa shape index (κ3) is 4.07. The second kappa shape index (κ2) is 6.24. The van der Waals surface area contributed by atoms with Crippen LogP contribution in [0.5, 0.6) is 0 Å². The van der Waals surface area contributed by atoms with Gasteiger partial charge >= 0.3 is 12.0 Å². The van der Waals surface area contributed by atoms with E-state index in [1.165, 1.54) is 7.11 Å². The Morgan fingerprint density at radius 3 is 2.71 bits per heavy atom. The van der Waals surface area contributed by atoms with Crippen LogP contribution in [0.2, 0.25) is 0 Å². The van der Waals surface area contributed by atoms with Gasteiger partial charge in [-0.2, -0.15) is 0 Å². The minimum absolute atomic E-state index is 0.0479. The molecule has 0 aromatic heterocycles. The van der Waals surface area contributed by atoms with Crippen molar-refractivity contribution in [3.05, 3.63) is 12.7 Å². The lowest BCUT2D eigenvalue weighted by atomic mass is 10.3. The van der Waals surface area contributed by atoms with Gasteiger partial charge in [0.15, 0.2) is 6.04 Å². The SMILES string of the molecule is C=CCN(C(=O)NC(COC)C(=O)O)C1CC1. The van der Waals surface area contributed by atoms with Gasteiger partial charge in [0, 0.05) is 19.7 Å². The maximum absolute atomic E-state index is 11.9. The van der Waals surface area contributed by atoms with Crippen molar-refractivity contribution in [2.24, 2.45) is 0 Å². The molecule has 2 amide bonds. The summed E-state index contributed by atoms with van der Waals surface area (Å²) in [6.07, 6.45) is 3.55. The van der Waals surface area contributed by atoms with Gasteiger partial charge in [-0.05, 0) is 12.8 Å². The van der Waals surface area contributed by atoms with E-state index in [9.17, 15) is 9.59 Å². The summed E-state index contributed by atoms with van der Waals surface area (Å²) in [5, 5.41) is 11.3. The molecule has 6 nitrogen and oxygen atoms in total. The molecule has 0 heterocycles. The van der Waals surface area contributed by atoms with Crippen LogP contribution in [0.1, 0.15) is 12.8 Å². The molecule has 0 aromatic carbocycles. The Morgan fingerprint density at radius 1 is 1.65 bits per heavy atom. The molecular weight excluding hydrogens is 224 g/mol. The highest BCUT2D eigenvalue weighted by Gasteiger charge is 2.33. The van der Waals surface area contributed by atoms with E-state index in [2.05, 4.69) is 11.9 Å². The number of ether oxygens (including phenoxy) is 1. The zero-order valence-electron chi connectivity index (χ0n) is 9.89. The van der Waals surface area contributed by atoms with E-state index in [1.54, 1.807) is 11.0 Å². The molecule has 0 saturated heterocycles. The maximum atomic E-state index is 11.9. The van der Waals surface area contributed by atoms with Crippen molar-refractivity contribution >= 4 is 12.0 Å². The number of carbonyl (C=O) groups excluding carboxylic acids is 1. The molecule has 0 bridgehead atoms. The second-order valence-electron chi connectivity index (χ2n) is 3.97. The molecular formula is C11H18N2O4. The van der Waals surface area contributed by atoms with Crippen LogP contribution in [0.4, 0.5) is 4.79 Å². The average Bonchev–Trinajstić information content (AvgIpc) is 3.08. The van der Waals surface area contributed by atoms with Gasteiger partial charge in [0.1, 0.15) is 0 Å². The smallest absolute Gasteiger partial charge is 0.328 e. The van der Waals surface area contributed by atoms with Crippen LogP contribution in [-0.4, -0.2) is 54.4 Å². The summed E-state index contributed by atoms with van der Waals surface area (Å²) < 4.78 is 4.75. The summed E-state index contributed by atoms with van der Waals surface area (Å²) in [7, 11) is 1.39. The van der Waals surface area contributed by atoms with E-state index in [0.717, 1.165) is 12.8 Å². The van der Waals surface area contributed by atoms with Crippen molar-refractivity contribution in [1.82, 2.24) is 10.2 Å². The van der Waals surface area contributed by atoms with Gasteiger partial charge in [-0.1, -0.05) is 6.08 Å². The second-order valence-corrected chi connectivity index (χ2v) is 3.97. The van der Waals surface area contributed by atoms with Gasteiger partial charge in [0.2, 0.25) is 0 Å². The normalized spacial score (nSPS) is 16.1. The number of carbonyl (C=O) groups is 2. The molecule has 0 radical (unpaired) electrons. The van der Waals surface area contributed by atoms with Gasteiger partial charge in [0.25, 0.3) is 0 Å². The van der Waals surface area contributed by atoms with E-state index < -0.39 is 12.0 Å². The monoisotopic (exact) mass is 242 g/mol. The topological polar surface area (TPSA) is 78.9 Å². The van der Waals surface area contributed by atoms with Crippen LogP contribution in [-0.2, 0) is 9.53 Å². The fraction of sp³-hybridized carbons (Fsp3) is 0.636. The van der Waals surface area contributed by atoms with Crippen molar-refractivity contribution < 1.29 is 19.4 Å². The molecule has 0 aliphatic heterocycles. The Bertz CT molecular complexity index is 302. The molecule has 0 aromatic rings. The Kier molecular flexibility index (Phi) is 4.96. The summed E-state index contributed by atoms with van der Waals surface area (Å²) >= 11 is 0. The van der Waals surface area contributed by atoms with Crippen molar-refractivity contribution in [2.75, 3.05) is 20.3 Å². The molecule has 1 rings (SSSR count). The first-order chi connectivity index (χ1) is 8.10. The third-order valence-corrected chi connectivity index (χ3v) is 2.50. The number of amides is 2. The third-order valence-electron chi connectivity index (χ3n) is 2.50. The highest BCUT2D eigenvalue weighted by Crippen LogP contribution is 2.26. The van der Waals surface area contributed by atoms with Crippen LogP contribution in [0, 0.1) is 0 Å². The molecule has 1 aliphatic rings. The lowest BCUT2D eigenvalue weighted by Gasteiger charge is -2.23. The van der Waals surface area contributed by atoms with Gasteiger partial charge in [0.05, 0.1) is 6.61 Å². The Balaban J connectivity index is 2.54. The first-order valence-corrected chi connectivity index (χ1v) is 5.50. The standard InChI is InChI=1S/C11H18N2O4/c1-3-6-13(8-4-5-8)11(16)12-9(7-17-2)10(14)15/h3,8-9H,1,4-7H2,2H3,(H,12,16)(H,14,15). The molecule has 2 N–H and O–H groups in total. The molecule has 0 spiro atoms. The number of methoxy groups -OCH3 is 1. The summed E-state index contributed by atoms with van der Waals surface area (Å²) in [5.41, 5.74) is 0. The zero-order valence-corrected chi connectivity index (χ0v) is 9.89. The van der Waals surface area contributed by atoms with Crippen molar-refractivity contribution in [1.29, 1.82) is 0 Å². The lowest BCUT2D eigenvalue weighted by molar-refractivity contribution is -0.140. The summed E-state index contributed by atoms with van der Waals surface area (Å²) in [6, 6.07) is -1.18. The highest BCUT2D eigenvalue weighted by atomic mass is 16.5. The number of rotatable bonds is 7. The van der Waals surface area contributed by atoms with Crippen LogP contribution >= 0.6 is 0 Å². The number of nitrogens with one attached hydrogen (secondary N) is 1. The molecule has 1 aliphatic carbocycles. The first-order valence-electron chi connectivity index (χ1n) is 5.50. The number of urea groups is 1. The van der Waals surface area contributed by atoms with E-state index in [1.807, 2.05) is 0 Å². The minimum Gasteiger partial charge on any atom is -0.480 e. The summed E-state index contributed by atoms with van der Waals surface area (Å²) in [4.78, 5) is 24.3. The van der Waals surface area contributed by atoms with Crippen molar-refractivity contribution in [3.63, 3.8) is 0 Å². The van der Waals surface area contributed by atoms with Crippen molar-refractivity contribution in [3.8, 4) is 0 Å². The van der Waals surface area contributed by atoms with E-state index in [-0.39, 0.29) is 18.7 Å². The Labute approximate surface area is 100 Å². The number of hydrogen-bond donors (Lipinski definition) is 2. The number of carboxylic acids is 1. The number of nitrogens with zero attached hydrogens (tertiary/aromatic N) is 1. The van der Waals surface area contributed by atoms with Crippen LogP contribution in [0.15, 0.2) is 12.7 Å². The molecule has 1 atom stereocenters. The number of aliphatic carboxylic acids is 1. The summed E-state index contributed by atoms with van der Waals surface area (Å²) in [6.45, 7) is 3.96. The quantitative estimate of drug-likeness (QED) is 0.635. The first kappa shape index (κ1) is 13.5. The number of carboxylic acid groups (broad SMARTS) is 1. The molecule has 1 saturated carbocycles. The fourth-order valence-corrected chi connectivity index (χ4v) is 1.50. The molecule has 1 unspecified atom stereocenters. The zero-order chi connectivity index (χ0) is 12.8. The van der Waals surface area contributed by atoms with Gasteiger partial charge in [-0.3, -0.25) is 0 Å². The fourth-order valence-electron chi connectivity index (χ4n) is 1.50. The van der Waals surface area contributed by atoms with Gasteiger partial charge in [-0.25, -0.2) is 9.59 Å². The Hall–Kier alpha value is -1.56. The predicted molar refractivity (Wildman–Crippen MR) is 61.8 cm³/mol. The highest BCUT2D eigenvalue weighted by molar-refractivity contribution is 5.83. The molecule has 17 heavy (non-hydrogen) atoms. The number of hydrogen-bond acceptors (Lipinski definition) is 3. The molecule has 1 fully saturated rings. The van der Waals surface area contributed by atoms with Gasteiger partial charge in [-0.15, -0.1) is 6.58 Å². The van der Waals surface area contributed by atoms with Crippen LogP contribution < -0.4 is 5.32 Å². The van der Waals surface area contributed by atoms with Crippen molar-refractivity contribution in [2.45, 2.75) is 24.9 Å². The Morgan fingerprint density at radius 2 is 2.29 bits per heavy atom.